The zero-order valence-electron chi connectivity index (χ0n) is 13.8. The van der Waals surface area contributed by atoms with Crippen LogP contribution in [-0.4, -0.2) is 51.6 Å². The van der Waals surface area contributed by atoms with Gasteiger partial charge in [0.05, 0.1) is 29.6 Å². The summed E-state index contributed by atoms with van der Waals surface area (Å²) in [5.41, 5.74) is 6.28. The number of nitrogens with one attached hydrogen (secondary N) is 1. The first-order valence-electron chi connectivity index (χ1n) is 7.07. The van der Waals surface area contributed by atoms with Gasteiger partial charge in [0, 0.05) is 25.7 Å². The summed E-state index contributed by atoms with van der Waals surface area (Å²) in [6.07, 6.45) is 1.66. The molecule has 0 bridgehead atoms. The molecule has 1 rings (SSSR count). The Labute approximate surface area is 153 Å². The highest BCUT2D eigenvalue weighted by molar-refractivity contribution is 7.88. The van der Waals surface area contributed by atoms with Crippen LogP contribution in [0.15, 0.2) is 12.1 Å². The van der Waals surface area contributed by atoms with Crippen molar-refractivity contribution in [1.29, 1.82) is 0 Å². The molecule has 0 aliphatic rings. The van der Waals surface area contributed by atoms with E-state index in [0.29, 0.717) is 37.5 Å². The quantitative estimate of drug-likeness (QED) is 0.512. The Bertz CT molecular complexity index is 668. The number of ether oxygens (including phenoxy) is 1. The summed E-state index contributed by atoms with van der Waals surface area (Å²) in [6, 6.07) is 2.93. The molecule has 138 valence electrons. The molecule has 1 amide bonds. The Morgan fingerprint density at radius 3 is 2.54 bits per heavy atom. The Hall–Kier alpha value is -1.22. The standard InChI is InChI=1S/C14H22ClN3O4S.ClH/c1-4-18(23(3,20)21)7-5-6-17-14(19)10-8-11(15)12(16)9-13(10)22-2;/h8-9H,4-7,16H2,1-3H3,(H,17,19);1H. The molecule has 0 aliphatic carbocycles. The molecule has 0 heterocycles. The number of nitrogens with zero attached hydrogens (tertiary/aromatic N) is 1. The molecule has 0 unspecified atom stereocenters. The highest BCUT2D eigenvalue weighted by Crippen LogP contribution is 2.28. The molecule has 24 heavy (non-hydrogen) atoms. The molecule has 1 aromatic rings. The number of sulfonamides is 1. The zero-order valence-corrected chi connectivity index (χ0v) is 16.2. The van der Waals surface area contributed by atoms with Crippen molar-refractivity contribution in [3.63, 3.8) is 0 Å². The van der Waals surface area contributed by atoms with Crippen LogP contribution in [-0.2, 0) is 10.0 Å². The van der Waals surface area contributed by atoms with E-state index in [9.17, 15) is 13.2 Å². The van der Waals surface area contributed by atoms with E-state index in [0.717, 1.165) is 6.26 Å². The fourth-order valence-electron chi connectivity index (χ4n) is 2.03. The van der Waals surface area contributed by atoms with Gasteiger partial charge in [-0.1, -0.05) is 18.5 Å². The summed E-state index contributed by atoms with van der Waals surface area (Å²) < 4.78 is 29.4. The SMILES string of the molecule is CCN(CCCNC(=O)c1cc(Cl)c(N)cc1OC)S(C)(=O)=O.Cl. The van der Waals surface area contributed by atoms with E-state index in [-0.39, 0.29) is 28.9 Å². The van der Waals surface area contributed by atoms with Crippen LogP contribution < -0.4 is 15.8 Å². The van der Waals surface area contributed by atoms with Crippen LogP contribution in [0.5, 0.6) is 5.75 Å². The summed E-state index contributed by atoms with van der Waals surface area (Å²) in [5, 5.41) is 2.98. The minimum atomic E-state index is -3.22. The van der Waals surface area contributed by atoms with Crippen molar-refractivity contribution in [3.05, 3.63) is 22.7 Å². The molecule has 0 radical (unpaired) electrons. The lowest BCUT2D eigenvalue weighted by Gasteiger charge is -2.17. The van der Waals surface area contributed by atoms with E-state index < -0.39 is 10.0 Å². The van der Waals surface area contributed by atoms with E-state index in [4.69, 9.17) is 22.1 Å². The molecule has 3 N–H and O–H groups in total. The summed E-state index contributed by atoms with van der Waals surface area (Å²) in [5.74, 6) is -0.0260. The highest BCUT2D eigenvalue weighted by atomic mass is 35.5. The minimum Gasteiger partial charge on any atom is -0.496 e. The largest absolute Gasteiger partial charge is 0.496 e. The van der Waals surface area contributed by atoms with E-state index in [1.807, 2.05) is 0 Å². The third-order valence-electron chi connectivity index (χ3n) is 3.26. The van der Waals surface area contributed by atoms with Gasteiger partial charge >= 0.3 is 0 Å². The van der Waals surface area contributed by atoms with Gasteiger partial charge in [0.25, 0.3) is 5.91 Å². The van der Waals surface area contributed by atoms with Crippen LogP contribution in [0.1, 0.15) is 23.7 Å². The topological polar surface area (TPSA) is 102 Å². The van der Waals surface area contributed by atoms with Crippen molar-refractivity contribution in [1.82, 2.24) is 9.62 Å². The molecule has 10 heteroatoms. The van der Waals surface area contributed by atoms with Gasteiger partial charge in [0.1, 0.15) is 5.75 Å². The number of hydrogen-bond donors (Lipinski definition) is 2. The maximum Gasteiger partial charge on any atom is 0.255 e. The van der Waals surface area contributed by atoms with E-state index in [2.05, 4.69) is 5.32 Å². The van der Waals surface area contributed by atoms with Gasteiger partial charge < -0.3 is 15.8 Å². The molecule has 0 fully saturated rings. The summed E-state index contributed by atoms with van der Waals surface area (Å²) in [4.78, 5) is 12.2. The number of anilines is 1. The maximum absolute atomic E-state index is 12.2. The first kappa shape index (κ1) is 22.8. The average molecular weight is 400 g/mol. The second-order valence-corrected chi connectivity index (χ2v) is 7.33. The number of carbonyl (C=O) groups excluding carboxylic acids is 1. The summed E-state index contributed by atoms with van der Waals surface area (Å²) >= 11 is 5.92. The third-order valence-corrected chi connectivity index (χ3v) is 4.96. The van der Waals surface area contributed by atoms with Gasteiger partial charge in [-0.3, -0.25) is 4.79 Å². The summed E-state index contributed by atoms with van der Waals surface area (Å²) in [6.45, 7) is 2.83. The first-order valence-corrected chi connectivity index (χ1v) is 9.29. The number of hydrogen-bond acceptors (Lipinski definition) is 5. The number of carbonyl (C=O) groups is 1. The van der Waals surface area contributed by atoms with Crippen LogP contribution in [0.2, 0.25) is 5.02 Å². The van der Waals surface area contributed by atoms with E-state index >= 15 is 0 Å². The fourth-order valence-corrected chi connectivity index (χ4v) is 3.12. The fraction of sp³-hybridized carbons (Fsp3) is 0.500. The smallest absolute Gasteiger partial charge is 0.255 e. The van der Waals surface area contributed by atoms with Crippen LogP contribution in [0.25, 0.3) is 0 Å². The van der Waals surface area contributed by atoms with Crippen molar-refractivity contribution in [2.45, 2.75) is 13.3 Å². The minimum absolute atomic E-state index is 0. The lowest BCUT2D eigenvalue weighted by molar-refractivity contribution is 0.0950. The second-order valence-electron chi connectivity index (χ2n) is 4.94. The Kier molecular flexibility index (Phi) is 9.42. The third kappa shape index (κ3) is 6.35. The van der Waals surface area contributed by atoms with Gasteiger partial charge in [0.15, 0.2) is 0 Å². The van der Waals surface area contributed by atoms with E-state index in [1.54, 1.807) is 6.92 Å². The van der Waals surface area contributed by atoms with Gasteiger partial charge in [-0.2, -0.15) is 0 Å². The number of methoxy groups -OCH3 is 1. The predicted octanol–water partition coefficient (Wildman–Crippen LogP) is 1.75. The van der Waals surface area contributed by atoms with Crippen molar-refractivity contribution in [2.24, 2.45) is 0 Å². The van der Waals surface area contributed by atoms with Crippen LogP contribution in [0, 0.1) is 0 Å². The van der Waals surface area contributed by atoms with Crippen molar-refractivity contribution in [3.8, 4) is 5.75 Å². The number of nitrogens with two attached hydrogens (primary N) is 1. The molecule has 0 atom stereocenters. The molecule has 0 saturated carbocycles. The van der Waals surface area contributed by atoms with Crippen molar-refractivity contribution in [2.75, 3.05) is 38.7 Å². The Morgan fingerprint density at radius 2 is 2.04 bits per heavy atom. The Morgan fingerprint density at radius 1 is 1.42 bits per heavy atom. The predicted molar refractivity (Wildman–Crippen MR) is 98.7 cm³/mol. The van der Waals surface area contributed by atoms with Crippen LogP contribution >= 0.6 is 24.0 Å². The second kappa shape index (κ2) is 9.93. The van der Waals surface area contributed by atoms with Gasteiger partial charge in [-0.25, -0.2) is 12.7 Å². The van der Waals surface area contributed by atoms with Crippen molar-refractivity contribution >= 4 is 45.6 Å². The van der Waals surface area contributed by atoms with Gasteiger partial charge in [-0.05, 0) is 12.5 Å². The van der Waals surface area contributed by atoms with E-state index in [1.165, 1.54) is 23.5 Å². The highest BCUT2D eigenvalue weighted by Gasteiger charge is 2.16. The van der Waals surface area contributed by atoms with Crippen LogP contribution in [0.3, 0.4) is 0 Å². The molecule has 7 nitrogen and oxygen atoms in total. The average Bonchev–Trinajstić information content (AvgIpc) is 2.47. The number of rotatable bonds is 8. The number of halogens is 2. The number of benzene rings is 1. The zero-order chi connectivity index (χ0) is 17.6. The maximum atomic E-state index is 12.2. The molecule has 1 aromatic carbocycles. The molecular weight excluding hydrogens is 377 g/mol. The monoisotopic (exact) mass is 399 g/mol. The number of nitrogen functional groups attached to an aromatic ring is 1. The first-order chi connectivity index (χ1) is 10.7. The number of amides is 1. The molecule has 0 aromatic heterocycles. The van der Waals surface area contributed by atoms with Gasteiger partial charge in [0.2, 0.25) is 10.0 Å². The molecule has 0 aliphatic heterocycles. The van der Waals surface area contributed by atoms with Crippen molar-refractivity contribution < 1.29 is 17.9 Å². The lowest BCUT2D eigenvalue weighted by Crippen LogP contribution is -2.33. The summed E-state index contributed by atoms with van der Waals surface area (Å²) in [7, 11) is -1.78. The molecule has 0 saturated heterocycles. The Balaban J connectivity index is 0.00000529. The normalized spacial score (nSPS) is 11.0. The molecule has 0 spiro atoms. The molecular formula is C14H23Cl2N3O4S. The van der Waals surface area contributed by atoms with Gasteiger partial charge in [-0.15, -0.1) is 12.4 Å². The van der Waals surface area contributed by atoms with Crippen LogP contribution in [0.4, 0.5) is 5.69 Å². The lowest BCUT2D eigenvalue weighted by atomic mass is 10.1.